The number of esters is 1. The summed E-state index contributed by atoms with van der Waals surface area (Å²) in [4.78, 5) is 24.3. The van der Waals surface area contributed by atoms with E-state index in [1.54, 1.807) is 13.0 Å². The molecule has 0 aliphatic heterocycles. The second-order valence-electron chi connectivity index (χ2n) is 8.16. The zero-order valence-electron chi connectivity index (χ0n) is 18.8. The molecule has 1 aromatic heterocycles. The molecule has 0 saturated heterocycles. The average molecular weight is 488 g/mol. The van der Waals surface area contributed by atoms with Gasteiger partial charge in [-0.05, 0) is 68.4 Å². The molecule has 1 saturated carbocycles. The van der Waals surface area contributed by atoms with Crippen molar-refractivity contribution in [1.82, 2.24) is 10.2 Å². The molecule has 8 nitrogen and oxygen atoms in total. The van der Waals surface area contributed by atoms with Crippen LogP contribution in [-0.2, 0) is 9.53 Å². The van der Waals surface area contributed by atoms with E-state index < -0.39 is 29.2 Å². The highest BCUT2D eigenvalue weighted by molar-refractivity contribution is 6.01. The number of carbonyl (C=O) groups is 2. The summed E-state index contributed by atoms with van der Waals surface area (Å²) >= 11 is 0. The first-order valence-electron chi connectivity index (χ1n) is 11.2. The minimum absolute atomic E-state index is 0.0627. The second-order valence-corrected chi connectivity index (χ2v) is 8.16. The smallest absolute Gasteiger partial charge is 0.320 e. The minimum atomic E-state index is -1.07. The fourth-order valence-corrected chi connectivity index (χ4v) is 4.05. The molecule has 0 atom stereocenters. The molecule has 1 heterocycles. The van der Waals surface area contributed by atoms with Gasteiger partial charge in [-0.2, -0.15) is 0 Å². The van der Waals surface area contributed by atoms with Crippen molar-refractivity contribution in [1.29, 1.82) is 0 Å². The molecular weight excluding hydrogens is 465 g/mol. The van der Waals surface area contributed by atoms with Gasteiger partial charge in [0.1, 0.15) is 5.82 Å². The molecular formula is C24H23F3N4O4. The average Bonchev–Trinajstić information content (AvgIpc) is 3.31. The Balaban J connectivity index is 1.35. The van der Waals surface area contributed by atoms with Gasteiger partial charge in [0.15, 0.2) is 11.6 Å². The maximum atomic E-state index is 14.7. The monoisotopic (exact) mass is 488 g/mol. The molecule has 0 bridgehead atoms. The molecule has 1 fully saturated rings. The molecule has 35 heavy (non-hydrogen) atoms. The molecule has 1 aliphatic rings. The third-order valence-corrected chi connectivity index (χ3v) is 5.85. The Bertz CT molecular complexity index is 1230. The van der Waals surface area contributed by atoms with Crippen molar-refractivity contribution in [2.75, 3.05) is 17.2 Å². The van der Waals surface area contributed by atoms with E-state index in [4.69, 9.17) is 9.15 Å². The summed E-state index contributed by atoms with van der Waals surface area (Å²) in [6.07, 6.45) is 2.85. The summed E-state index contributed by atoms with van der Waals surface area (Å²) < 4.78 is 51.3. The van der Waals surface area contributed by atoms with Gasteiger partial charge in [0.2, 0.25) is 0 Å². The summed E-state index contributed by atoms with van der Waals surface area (Å²) in [5.74, 6) is -4.18. The fraction of sp³-hybridized carbons (Fsp3) is 0.333. The largest absolute Gasteiger partial charge is 0.466 e. The number of anilines is 3. The van der Waals surface area contributed by atoms with Crippen molar-refractivity contribution < 1.29 is 31.9 Å². The Hall–Kier alpha value is -3.89. The van der Waals surface area contributed by atoms with Crippen LogP contribution < -0.4 is 10.6 Å². The lowest BCUT2D eigenvalue weighted by Crippen LogP contribution is -2.23. The summed E-state index contributed by atoms with van der Waals surface area (Å²) in [5.41, 5.74) is 0.864. The van der Waals surface area contributed by atoms with Crippen LogP contribution in [0.3, 0.4) is 0 Å². The van der Waals surface area contributed by atoms with Gasteiger partial charge in [0.25, 0.3) is 0 Å². The normalized spacial score (nSPS) is 17.6. The van der Waals surface area contributed by atoms with Crippen molar-refractivity contribution in [2.24, 2.45) is 5.92 Å². The van der Waals surface area contributed by atoms with E-state index >= 15 is 0 Å². The lowest BCUT2D eigenvalue weighted by molar-refractivity contribution is -0.149. The highest BCUT2D eigenvalue weighted by atomic mass is 19.2. The fourth-order valence-electron chi connectivity index (χ4n) is 4.05. The maximum absolute atomic E-state index is 14.7. The number of ether oxygens (including phenoxy) is 1. The lowest BCUT2D eigenvalue weighted by atomic mass is 9.78. The van der Waals surface area contributed by atoms with Crippen LogP contribution in [-0.4, -0.2) is 28.7 Å². The SMILES string of the molecule is CCOC(=O)C1CCC(c2ccc(NC(=O)c3nnc(Nc4ccc(F)c(F)c4)o3)c(F)c2)CC1. The Kier molecular flexibility index (Phi) is 7.33. The van der Waals surface area contributed by atoms with Crippen molar-refractivity contribution in [3.05, 3.63) is 65.3 Å². The van der Waals surface area contributed by atoms with Crippen LogP contribution in [0.2, 0.25) is 0 Å². The number of hydrogen-bond acceptors (Lipinski definition) is 7. The number of nitrogens with zero attached hydrogens (tertiary/aromatic N) is 2. The molecule has 4 rings (SSSR count). The van der Waals surface area contributed by atoms with Gasteiger partial charge in [-0.15, -0.1) is 5.10 Å². The molecule has 11 heteroatoms. The third kappa shape index (κ3) is 5.79. The van der Waals surface area contributed by atoms with Crippen LogP contribution in [0.4, 0.5) is 30.6 Å². The quantitative estimate of drug-likeness (QED) is 0.434. The van der Waals surface area contributed by atoms with E-state index in [1.165, 1.54) is 18.2 Å². The molecule has 0 spiro atoms. The molecule has 3 aromatic rings. The van der Waals surface area contributed by atoms with Crippen LogP contribution in [0.5, 0.6) is 0 Å². The molecule has 0 radical (unpaired) electrons. The summed E-state index contributed by atoms with van der Waals surface area (Å²) in [5, 5.41) is 12.1. The lowest BCUT2D eigenvalue weighted by Gasteiger charge is -2.27. The highest BCUT2D eigenvalue weighted by Crippen LogP contribution is 2.37. The van der Waals surface area contributed by atoms with Gasteiger partial charge < -0.3 is 19.8 Å². The third-order valence-electron chi connectivity index (χ3n) is 5.85. The first kappa shape index (κ1) is 24.2. The predicted octanol–water partition coefficient (Wildman–Crippen LogP) is 5.32. The van der Waals surface area contributed by atoms with E-state index in [-0.39, 0.29) is 35.2 Å². The number of aromatic nitrogens is 2. The van der Waals surface area contributed by atoms with Gasteiger partial charge in [-0.3, -0.25) is 9.59 Å². The van der Waals surface area contributed by atoms with Crippen molar-refractivity contribution >= 4 is 29.3 Å². The number of nitrogens with one attached hydrogen (secondary N) is 2. The molecule has 1 aliphatic carbocycles. The summed E-state index contributed by atoms with van der Waals surface area (Å²) in [6, 6.07) is 7.39. The minimum Gasteiger partial charge on any atom is -0.466 e. The first-order valence-corrected chi connectivity index (χ1v) is 11.2. The standard InChI is InChI=1S/C24H23F3N4O4/c1-2-34-23(33)14-5-3-13(4-6-14)15-7-10-20(19(27)11-15)29-21(32)22-30-31-24(35-22)28-16-8-9-17(25)18(26)12-16/h7-14H,2-6H2,1H3,(H,28,31)(H,29,32). The van der Waals surface area contributed by atoms with Gasteiger partial charge >= 0.3 is 23.8 Å². The van der Waals surface area contributed by atoms with Gasteiger partial charge in [-0.25, -0.2) is 13.2 Å². The Morgan fingerprint density at radius 2 is 1.77 bits per heavy atom. The zero-order valence-corrected chi connectivity index (χ0v) is 18.8. The first-order chi connectivity index (χ1) is 16.8. The number of rotatable bonds is 7. The van der Waals surface area contributed by atoms with Gasteiger partial charge in [0, 0.05) is 11.8 Å². The number of halogens is 3. The van der Waals surface area contributed by atoms with E-state index in [0.29, 0.717) is 19.4 Å². The Morgan fingerprint density at radius 3 is 2.46 bits per heavy atom. The van der Waals surface area contributed by atoms with Crippen molar-refractivity contribution in [3.8, 4) is 0 Å². The van der Waals surface area contributed by atoms with E-state index in [0.717, 1.165) is 30.5 Å². The van der Waals surface area contributed by atoms with Gasteiger partial charge in [-0.1, -0.05) is 11.2 Å². The van der Waals surface area contributed by atoms with Crippen LogP contribution >= 0.6 is 0 Å². The van der Waals surface area contributed by atoms with Gasteiger partial charge in [0.05, 0.1) is 18.2 Å². The number of carbonyl (C=O) groups excluding carboxylic acids is 2. The van der Waals surface area contributed by atoms with Crippen LogP contribution in [0.15, 0.2) is 40.8 Å². The van der Waals surface area contributed by atoms with Crippen molar-refractivity contribution in [3.63, 3.8) is 0 Å². The van der Waals surface area contributed by atoms with E-state index in [9.17, 15) is 22.8 Å². The predicted molar refractivity (Wildman–Crippen MR) is 120 cm³/mol. The summed E-state index contributed by atoms with van der Waals surface area (Å²) in [6.45, 7) is 2.13. The Labute approximate surface area is 198 Å². The zero-order chi connectivity index (χ0) is 24.9. The topological polar surface area (TPSA) is 106 Å². The Morgan fingerprint density at radius 1 is 1.00 bits per heavy atom. The number of hydrogen-bond donors (Lipinski definition) is 2. The molecule has 184 valence electrons. The van der Waals surface area contributed by atoms with Crippen LogP contribution in [0.1, 0.15) is 54.8 Å². The van der Waals surface area contributed by atoms with Crippen LogP contribution in [0, 0.1) is 23.4 Å². The molecule has 0 unspecified atom stereocenters. The van der Waals surface area contributed by atoms with Crippen LogP contribution in [0.25, 0.3) is 0 Å². The molecule has 2 N–H and O–H groups in total. The number of amides is 1. The number of benzene rings is 2. The van der Waals surface area contributed by atoms with E-state index in [1.807, 2.05) is 0 Å². The maximum Gasteiger partial charge on any atom is 0.320 e. The van der Waals surface area contributed by atoms with Crippen molar-refractivity contribution in [2.45, 2.75) is 38.5 Å². The molecule has 1 amide bonds. The summed E-state index contributed by atoms with van der Waals surface area (Å²) in [7, 11) is 0. The van der Waals surface area contributed by atoms with E-state index in [2.05, 4.69) is 20.8 Å². The molecule has 2 aromatic carbocycles. The highest BCUT2D eigenvalue weighted by Gasteiger charge is 2.28. The second kappa shape index (κ2) is 10.6.